The van der Waals surface area contributed by atoms with Crippen LogP contribution in [0, 0.1) is 5.92 Å². The van der Waals surface area contributed by atoms with Gasteiger partial charge in [0, 0.05) is 26.3 Å². The molecule has 2 nitrogen and oxygen atoms in total. The molecule has 0 aliphatic rings. The largest absolute Gasteiger partial charge is 0.381 e. The molecule has 2 heteroatoms. The van der Waals surface area contributed by atoms with E-state index >= 15 is 0 Å². The van der Waals surface area contributed by atoms with Gasteiger partial charge in [-0.15, -0.1) is 0 Å². The molecule has 0 rings (SSSR count). The van der Waals surface area contributed by atoms with Crippen molar-refractivity contribution in [2.24, 2.45) is 5.92 Å². The zero-order chi connectivity index (χ0) is 11.5. The van der Waals surface area contributed by atoms with Crippen LogP contribution in [0.2, 0.25) is 0 Å². The smallest absolute Gasteiger partial charge is 0.0478 e. The van der Waals surface area contributed by atoms with E-state index in [0.717, 1.165) is 32.1 Å². The average molecular weight is 215 g/mol. The van der Waals surface area contributed by atoms with Crippen LogP contribution in [0.1, 0.15) is 46.5 Å². The molecule has 0 aliphatic carbocycles. The lowest BCUT2D eigenvalue weighted by Gasteiger charge is -2.18. The summed E-state index contributed by atoms with van der Waals surface area (Å²) in [6.45, 7) is 11.0. The van der Waals surface area contributed by atoms with E-state index in [9.17, 15) is 0 Å². The number of unbranched alkanes of at least 4 members (excludes halogenated alkanes) is 2. The lowest BCUT2D eigenvalue weighted by atomic mass is 10.2. The Labute approximate surface area is 96.0 Å². The Hall–Kier alpha value is -0.0800. The number of rotatable bonds is 10. The summed E-state index contributed by atoms with van der Waals surface area (Å²) >= 11 is 0. The normalized spacial score (nSPS) is 11.6. The lowest BCUT2D eigenvalue weighted by Crippen LogP contribution is -2.25. The quantitative estimate of drug-likeness (QED) is 0.519. The first-order chi connectivity index (χ1) is 7.16. The average Bonchev–Trinajstić information content (AvgIpc) is 2.15. The first kappa shape index (κ1) is 14.9. The lowest BCUT2D eigenvalue weighted by molar-refractivity contribution is 0.119. The molecule has 15 heavy (non-hydrogen) atoms. The van der Waals surface area contributed by atoms with Crippen molar-refractivity contribution in [2.75, 3.05) is 33.4 Å². The van der Waals surface area contributed by atoms with Crippen molar-refractivity contribution in [3.05, 3.63) is 0 Å². The summed E-state index contributed by atoms with van der Waals surface area (Å²) in [5.74, 6) is 0.764. The van der Waals surface area contributed by atoms with Crippen molar-refractivity contribution in [1.82, 2.24) is 4.90 Å². The second-order valence-corrected chi connectivity index (χ2v) is 4.83. The van der Waals surface area contributed by atoms with Crippen LogP contribution in [0.4, 0.5) is 0 Å². The van der Waals surface area contributed by atoms with Gasteiger partial charge in [0.25, 0.3) is 0 Å². The molecular formula is C13H29NO. The summed E-state index contributed by atoms with van der Waals surface area (Å²) < 4.78 is 5.56. The zero-order valence-electron chi connectivity index (χ0n) is 11.1. The summed E-state index contributed by atoms with van der Waals surface area (Å²) in [5, 5.41) is 0. The van der Waals surface area contributed by atoms with Crippen molar-refractivity contribution in [3.8, 4) is 0 Å². The monoisotopic (exact) mass is 215 g/mol. The molecule has 0 heterocycles. The van der Waals surface area contributed by atoms with Gasteiger partial charge in [0.05, 0.1) is 0 Å². The van der Waals surface area contributed by atoms with E-state index in [1.165, 1.54) is 25.8 Å². The second-order valence-electron chi connectivity index (χ2n) is 4.83. The first-order valence-corrected chi connectivity index (χ1v) is 6.43. The van der Waals surface area contributed by atoms with Gasteiger partial charge >= 0.3 is 0 Å². The molecule has 0 bridgehead atoms. The molecular weight excluding hydrogens is 186 g/mol. The van der Waals surface area contributed by atoms with Crippen LogP contribution in [0.25, 0.3) is 0 Å². The fraction of sp³-hybridized carbons (Fsp3) is 1.00. The highest BCUT2D eigenvalue weighted by molar-refractivity contribution is 4.54. The van der Waals surface area contributed by atoms with Gasteiger partial charge in [-0.25, -0.2) is 0 Å². The van der Waals surface area contributed by atoms with Crippen LogP contribution in [0.3, 0.4) is 0 Å². The Morgan fingerprint density at radius 2 is 1.73 bits per heavy atom. The Bertz CT molecular complexity index is 126. The predicted octanol–water partition coefficient (Wildman–Crippen LogP) is 3.17. The summed E-state index contributed by atoms with van der Waals surface area (Å²) in [4.78, 5) is 2.39. The van der Waals surface area contributed by atoms with Gasteiger partial charge in [0.2, 0.25) is 0 Å². The molecule has 0 radical (unpaired) electrons. The van der Waals surface area contributed by atoms with Gasteiger partial charge in [-0.05, 0) is 25.8 Å². The van der Waals surface area contributed by atoms with Crippen molar-refractivity contribution < 1.29 is 4.74 Å². The van der Waals surface area contributed by atoms with Gasteiger partial charge in [-0.1, -0.05) is 33.6 Å². The highest BCUT2D eigenvalue weighted by Crippen LogP contribution is 1.98. The van der Waals surface area contributed by atoms with E-state index in [1.54, 1.807) is 0 Å². The Morgan fingerprint density at radius 1 is 1.07 bits per heavy atom. The van der Waals surface area contributed by atoms with E-state index in [2.05, 4.69) is 32.7 Å². The molecule has 0 saturated heterocycles. The first-order valence-electron chi connectivity index (χ1n) is 6.43. The summed E-state index contributed by atoms with van der Waals surface area (Å²) in [5.41, 5.74) is 0. The standard InChI is InChI=1S/C13H29NO/c1-5-6-7-10-15-11-8-9-14(4)12-13(2)3/h13H,5-12H2,1-4H3. The SMILES string of the molecule is CCCCCOCCCN(C)CC(C)C. The molecule has 0 N–H and O–H groups in total. The topological polar surface area (TPSA) is 12.5 Å². The molecule has 0 aromatic rings. The maximum absolute atomic E-state index is 5.56. The minimum absolute atomic E-state index is 0.764. The number of nitrogens with zero attached hydrogens (tertiary/aromatic N) is 1. The van der Waals surface area contributed by atoms with Gasteiger partial charge in [0.15, 0.2) is 0 Å². The van der Waals surface area contributed by atoms with Crippen LogP contribution in [-0.2, 0) is 4.74 Å². The molecule has 0 unspecified atom stereocenters. The summed E-state index contributed by atoms with van der Waals surface area (Å²) in [6.07, 6.45) is 4.96. The van der Waals surface area contributed by atoms with E-state index in [1.807, 2.05) is 0 Å². The molecule has 0 fully saturated rings. The van der Waals surface area contributed by atoms with E-state index in [0.29, 0.717) is 0 Å². The number of hydrogen-bond donors (Lipinski definition) is 0. The van der Waals surface area contributed by atoms with Crippen LogP contribution in [-0.4, -0.2) is 38.3 Å². The fourth-order valence-corrected chi connectivity index (χ4v) is 1.71. The molecule has 0 aromatic carbocycles. The molecule has 0 spiro atoms. The van der Waals surface area contributed by atoms with Crippen LogP contribution in [0.5, 0.6) is 0 Å². The van der Waals surface area contributed by atoms with Crippen LogP contribution >= 0.6 is 0 Å². The van der Waals surface area contributed by atoms with Crippen LogP contribution in [0.15, 0.2) is 0 Å². The molecule has 0 atom stereocenters. The Morgan fingerprint density at radius 3 is 2.33 bits per heavy atom. The summed E-state index contributed by atoms with van der Waals surface area (Å²) in [6, 6.07) is 0. The maximum atomic E-state index is 5.56. The summed E-state index contributed by atoms with van der Waals surface area (Å²) in [7, 11) is 2.19. The van der Waals surface area contributed by atoms with Crippen molar-refractivity contribution in [3.63, 3.8) is 0 Å². The molecule has 0 amide bonds. The third-order valence-corrected chi connectivity index (χ3v) is 2.40. The van der Waals surface area contributed by atoms with Crippen LogP contribution < -0.4 is 0 Å². The highest BCUT2D eigenvalue weighted by atomic mass is 16.5. The maximum Gasteiger partial charge on any atom is 0.0478 e. The van der Waals surface area contributed by atoms with E-state index in [-0.39, 0.29) is 0 Å². The Balaban J connectivity index is 3.09. The third kappa shape index (κ3) is 11.8. The minimum Gasteiger partial charge on any atom is -0.381 e. The van der Waals surface area contributed by atoms with Crippen molar-refractivity contribution >= 4 is 0 Å². The highest BCUT2D eigenvalue weighted by Gasteiger charge is 2.00. The zero-order valence-corrected chi connectivity index (χ0v) is 11.1. The number of hydrogen-bond acceptors (Lipinski definition) is 2. The molecule has 0 aromatic heterocycles. The Kier molecular flexibility index (Phi) is 10.4. The van der Waals surface area contributed by atoms with Crippen molar-refractivity contribution in [2.45, 2.75) is 46.5 Å². The van der Waals surface area contributed by atoms with E-state index < -0.39 is 0 Å². The van der Waals surface area contributed by atoms with E-state index in [4.69, 9.17) is 4.74 Å². The number of ether oxygens (including phenoxy) is 1. The second kappa shape index (κ2) is 10.4. The molecule has 0 aliphatic heterocycles. The molecule has 0 saturated carbocycles. The predicted molar refractivity (Wildman–Crippen MR) is 67.3 cm³/mol. The van der Waals surface area contributed by atoms with Crippen molar-refractivity contribution in [1.29, 1.82) is 0 Å². The minimum atomic E-state index is 0.764. The van der Waals surface area contributed by atoms with Gasteiger partial charge in [-0.3, -0.25) is 0 Å². The fourth-order valence-electron chi connectivity index (χ4n) is 1.71. The third-order valence-electron chi connectivity index (χ3n) is 2.40. The molecule has 92 valence electrons. The van der Waals surface area contributed by atoms with Gasteiger partial charge in [0.1, 0.15) is 0 Å². The van der Waals surface area contributed by atoms with Gasteiger partial charge < -0.3 is 9.64 Å². The van der Waals surface area contributed by atoms with Gasteiger partial charge in [-0.2, -0.15) is 0 Å².